The van der Waals surface area contributed by atoms with Crippen molar-refractivity contribution in [3.8, 4) is 0 Å². The molecule has 1 aliphatic rings. The van der Waals surface area contributed by atoms with Crippen LogP contribution in [0.3, 0.4) is 0 Å². The predicted molar refractivity (Wildman–Crippen MR) is 79.1 cm³/mol. The van der Waals surface area contributed by atoms with Crippen molar-refractivity contribution in [3.63, 3.8) is 0 Å². The molecular formula is C15H17FN4O2. The summed E-state index contributed by atoms with van der Waals surface area (Å²) in [5, 5.41) is 6.68. The number of aromatic nitrogens is 3. The lowest BCUT2D eigenvalue weighted by Gasteiger charge is -2.05. The average Bonchev–Trinajstić information content (AvgIpc) is 2.67. The first-order valence-corrected chi connectivity index (χ1v) is 7.36. The first kappa shape index (κ1) is 14.5. The number of aryl methyl sites for hydroxylation is 1. The molecule has 22 heavy (non-hydrogen) atoms. The smallest absolute Gasteiger partial charge is 0.322 e. The summed E-state index contributed by atoms with van der Waals surface area (Å²) in [6.45, 7) is 0.427. The van der Waals surface area contributed by atoms with Crippen molar-refractivity contribution >= 4 is 11.6 Å². The van der Waals surface area contributed by atoms with Crippen molar-refractivity contribution in [2.75, 3.05) is 5.32 Å². The number of nitrogens with zero attached hydrogens (tertiary/aromatic N) is 3. The number of anilines is 1. The van der Waals surface area contributed by atoms with Gasteiger partial charge in [-0.25, -0.2) is 13.9 Å². The van der Waals surface area contributed by atoms with E-state index in [4.69, 9.17) is 0 Å². The lowest BCUT2D eigenvalue weighted by Crippen LogP contribution is -2.30. The van der Waals surface area contributed by atoms with Crippen molar-refractivity contribution < 1.29 is 9.18 Å². The maximum absolute atomic E-state index is 13.5. The molecule has 3 rings (SSSR count). The largest absolute Gasteiger partial charge is 0.346 e. The molecule has 0 bridgehead atoms. The van der Waals surface area contributed by atoms with Gasteiger partial charge in [0.15, 0.2) is 0 Å². The summed E-state index contributed by atoms with van der Waals surface area (Å²) >= 11 is 0. The van der Waals surface area contributed by atoms with Crippen LogP contribution in [0.2, 0.25) is 0 Å². The minimum absolute atomic E-state index is 0.0984. The second-order valence-corrected chi connectivity index (χ2v) is 5.35. The van der Waals surface area contributed by atoms with Gasteiger partial charge in [0.25, 0.3) is 0 Å². The van der Waals surface area contributed by atoms with Gasteiger partial charge < -0.3 is 5.32 Å². The van der Waals surface area contributed by atoms with Gasteiger partial charge in [0.05, 0.1) is 5.69 Å². The van der Waals surface area contributed by atoms with Crippen LogP contribution in [0.25, 0.3) is 0 Å². The highest BCUT2D eigenvalue weighted by molar-refractivity contribution is 5.90. The quantitative estimate of drug-likeness (QED) is 0.935. The lowest BCUT2D eigenvalue weighted by atomic mass is 10.2. The van der Waals surface area contributed by atoms with Gasteiger partial charge in [-0.2, -0.15) is 5.10 Å². The first-order valence-electron chi connectivity index (χ1n) is 7.36. The molecule has 0 atom stereocenters. The summed E-state index contributed by atoms with van der Waals surface area (Å²) in [4.78, 5) is 24.2. The molecule has 1 aliphatic heterocycles. The molecule has 1 aromatic heterocycles. The van der Waals surface area contributed by atoms with E-state index < -0.39 is 11.7 Å². The Labute approximate surface area is 126 Å². The Morgan fingerprint density at radius 1 is 1.27 bits per heavy atom. The van der Waals surface area contributed by atoms with Crippen LogP contribution in [-0.2, 0) is 24.3 Å². The number of benzene rings is 1. The minimum Gasteiger partial charge on any atom is -0.322 e. The van der Waals surface area contributed by atoms with Crippen LogP contribution >= 0.6 is 0 Å². The minimum atomic E-state index is -0.510. The molecule has 2 aromatic rings. The number of hydrogen-bond acceptors (Lipinski definition) is 3. The number of hydrogen-bond donors (Lipinski definition) is 1. The van der Waals surface area contributed by atoms with E-state index in [1.54, 1.807) is 16.7 Å². The summed E-state index contributed by atoms with van der Waals surface area (Å²) < 4.78 is 16.3. The van der Waals surface area contributed by atoms with Gasteiger partial charge in [-0.1, -0.05) is 18.6 Å². The normalized spacial score (nSPS) is 14.2. The highest BCUT2D eigenvalue weighted by Gasteiger charge is 2.17. The van der Waals surface area contributed by atoms with E-state index in [0.717, 1.165) is 36.2 Å². The predicted octanol–water partition coefficient (Wildman–Crippen LogP) is 1.55. The Bertz CT molecular complexity index is 750. The molecule has 1 N–H and O–H groups in total. The van der Waals surface area contributed by atoms with Crippen LogP contribution in [0.4, 0.5) is 10.1 Å². The molecule has 7 heteroatoms. The number of rotatable bonds is 3. The van der Waals surface area contributed by atoms with Crippen molar-refractivity contribution in [3.05, 3.63) is 46.4 Å². The van der Waals surface area contributed by atoms with E-state index >= 15 is 0 Å². The number of carbonyl (C=O) groups excluding carboxylic acids is 1. The van der Waals surface area contributed by atoms with Crippen LogP contribution < -0.4 is 11.0 Å². The van der Waals surface area contributed by atoms with Gasteiger partial charge >= 0.3 is 5.69 Å². The maximum atomic E-state index is 13.5. The third kappa shape index (κ3) is 2.93. The third-order valence-corrected chi connectivity index (χ3v) is 3.72. The van der Waals surface area contributed by atoms with Crippen LogP contribution in [0.15, 0.2) is 29.1 Å². The van der Waals surface area contributed by atoms with Crippen LogP contribution in [0, 0.1) is 5.82 Å². The zero-order valence-corrected chi connectivity index (χ0v) is 12.1. The van der Waals surface area contributed by atoms with E-state index in [0.29, 0.717) is 6.54 Å². The second kappa shape index (κ2) is 6.13. The number of fused-ring (bicyclic) bond motifs is 1. The SMILES string of the molecule is O=C(Cn1nc2n(c1=O)CCCCC2)Nc1ccccc1F. The van der Waals surface area contributed by atoms with E-state index in [9.17, 15) is 14.0 Å². The third-order valence-electron chi connectivity index (χ3n) is 3.72. The number of amides is 1. The Hall–Kier alpha value is -2.44. The summed E-state index contributed by atoms with van der Waals surface area (Å²) in [7, 11) is 0. The van der Waals surface area contributed by atoms with E-state index in [-0.39, 0.29) is 17.9 Å². The van der Waals surface area contributed by atoms with Gasteiger partial charge in [0, 0.05) is 13.0 Å². The molecule has 0 aliphatic carbocycles. The van der Waals surface area contributed by atoms with Crippen molar-refractivity contribution in [2.45, 2.75) is 38.8 Å². The monoisotopic (exact) mass is 304 g/mol. The molecule has 0 fully saturated rings. The van der Waals surface area contributed by atoms with Gasteiger partial charge in [-0.3, -0.25) is 9.36 Å². The maximum Gasteiger partial charge on any atom is 0.346 e. The molecule has 2 heterocycles. The van der Waals surface area contributed by atoms with Crippen LogP contribution in [-0.4, -0.2) is 20.3 Å². The fourth-order valence-corrected chi connectivity index (χ4v) is 2.62. The standard InChI is InChI=1S/C15H17FN4O2/c16-11-6-3-4-7-12(11)17-14(21)10-20-15(22)19-9-5-1-2-8-13(19)18-20/h3-4,6-7H,1-2,5,8-10H2,(H,17,21). The van der Waals surface area contributed by atoms with Crippen LogP contribution in [0.1, 0.15) is 25.1 Å². The molecule has 0 saturated carbocycles. The average molecular weight is 304 g/mol. The van der Waals surface area contributed by atoms with Gasteiger partial charge in [0.2, 0.25) is 5.91 Å². The molecule has 0 saturated heterocycles. The zero-order chi connectivity index (χ0) is 15.5. The van der Waals surface area contributed by atoms with Crippen molar-refractivity contribution in [1.29, 1.82) is 0 Å². The zero-order valence-electron chi connectivity index (χ0n) is 12.1. The van der Waals surface area contributed by atoms with Crippen LogP contribution in [0.5, 0.6) is 0 Å². The lowest BCUT2D eigenvalue weighted by molar-refractivity contribution is -0.117. The Kier molecular flexibility index (Phi) is 4.04. The molecule has 0 unspecified atom stereocenters. The number of para-hydroxylation sites is 1. The Morgan fingerprint density at radius 2 is 2.09 bits per heavy atom. The molecule has 116 valence electrons. The van der Waals surface area contributed by atoms with Crippen molar-refractivity contribution in [1.82, 2.24) is 14.3 Å². The van der Waals surface area contributed by atoms with Gasteiger partial charge in [-0.05, 0) is 25.0 Å². The van der Waals surface area contributed by atoms with Gasteiger partial charge in [-0.15, -0.1) is 0 Å². The highest BCUT2D eigenvalue weighted by Crippen LogP contribution is 2.13. The number of halogens is 1. The van der Waals surface area contributed by atoms with E-state index in [1.807, 2.05) is 0 Å². The first-order chi connectivity index (χ1) is 10.6. The van der Waals surface area contributed by atoms with Crippen molar-refractivity contribution in [2.24, 2.45) is 0 Å². The number of nitrogens with one attached hydrogen (secondary N) is 1. The molecule has 0 radical (unpaired) electrons. The topological polar surface area (TPSA) is 68.9 Å². The summed E-state index contributed by atoms with van der Waals surface area (Å²) in [6, 6.07) is 5.91. The Balaban J connectivity index is 1.75. The summed E-state index contributed by atoms with van der Waals surface area (Å²) in [6.07, 6.45) is 3.77. The fraction of sp³-hybridized carbons (Fsp3) is 0.400. The summed E-state index contributed by atoms with van der Waals surface area (Å²) in [5.41, 5.74) is -0.179. The molecular weight excluding hydrogens is 287 g/mol. The molecule has 6 nitrogen and oxygen atoms in total. The number of carbonyl (C=O) groups is 1. The molecule has 0 spiro atoms. The Morgan fingerprint density at radius 3 is 2.91 bits per heavy atom. The van der Waals surface area contributed by atoms with E-state index in [2.05, 4.69) is 10.4 Å². The fourth-order valence-electron chi connectivity index (χ4n) is 2.62. The van der Waals surface area contributed by atoms with Gasteiger partial charge in [0.1, 0.15) is 18.2 Å². The van der Waals surface area contributed by atoms with E-state index in [1.165, 1.54) is 12.1 Å². The highest BCUT2D eigenvalue weighted by atomic mass is 19.1. The summed E-state index contributed by atoms with van der Waals surface area (Å²) in [5.74, 6) is -0.259. The molecule has 1 amide bonds. The second-order valence-electron chi connectivity index (χ2n) is 5.35. The molecule has 1 aromatic carbocycles.